The summed E-state index contributed by atoms with van der Waals surface area (Å²) < 4.78 is 5.35. The van der Waals surface area contributed by atoms with E-state index in [-0.39, 0.29) is 0 Å². The Bertz CT molecular complexity index is 210. The zero-order chi connectivity index (χ0) is 10.4. The first-order valence-electron chi connectivity index (χ1n) is 5.35. The van der Waals surface area contributed by atoms with Crippen LogP contribution < -0.4 is 0 Å². The molecule has 1 aliphatic rings. The summed E-state index contributed by atoms with van der Waals surface area (Å²) in [4.78, 5) is 2.45. The van der Waals surface area contributed by atoms with Crippen molar-refractivity contribution in [1.82, 2.24) is 4.90 Å². The van der Waals surface area contributed by atoms with Crippen molar-refractivity contribution in [3.8, 4) is 0 Å². The first-order valence-corrected chi connectivity index (χ1v) is 5.35. The van der Waals surface area contributed by atoms with Gasteiger partial charge in [-0.2, -0.15) is 0 Å². The Hall–Kier alpha value is -0.760. The van der Waals surface area contributed by atoms with Crippen LogP contribution in [0.15, 0.2) is 23.9 Å². The zero-order valence-electron chi connectivity index (χ0n) is 9.38. The molecular weight excluding hydrogens is 174 g/mol. The van der Waals surface area contributed by atoms with Crippen LogP contribution in [0.3, 0.4) is 0 Å². The fourth-order valence-electron chi connectivity index (χ4n) is 1.80. The summed E-state index contributed by atoms with van der Waals surface area (Å²) in [6, 6.07) is 0. The Morgan fingerprint density at radius 1 is 1.36 bits per heavy atom. The molecule has 2 nitrogen and oxygen atoms in total. The summed E-state index contributed by atoms with van der Waals surface area (Å²) in [5.41, 5.74) is 2.90. The molecule has 0 bridgehead atoms. The van der Waals surface area contributed by atoms with E-state index < -0.39 is 0 Å². The molecule has 0 spiro atoms. The summed E-state index contributed by atoms with van der Waals surface area (Å²) in [6.07, 6.45) is 4.17. The van der Waals surface area contributed by atoms with E-state index in [1.54, 1.807) is 0 Å². The van der Waals surface area contributed by atoms with Crippen molar-refractivity contribution in [2.75, 3.05) is 26.3 Å². The Labute approximate surface area is 87.2 Å². The van der Waals surface area contributed by atoms with Gasteiger partial charge in [-0.25, -0.2) is 0 Å². The molecule has 1 heterocycles. The van der Waals surface area contributed by atoms with Crippen LogP contribution in [-0.4, -0.2) is 31.2 Å². The minimum Gasteiger partial charge on any atom is -0.378 e. The monoisotopic (exact) mass is 195 g/mol. The summed E-state index contributed by atoms with van der Waals surface area (Å²) in [6.45, 7) is 12.0. The van der Waals surface area contributed by atoms with Gasteiger partial charge in [0.1, 0.15) is 0 Å². The molecule has 1 aliphatic heterocycles. The number of morpholine rings is 1. The minimum atomic E-state index is 0.866. The number of rotatable bonds is 4. The highest BCUT2D eigenvalue weighted by Crippen LogP contribution is 2.17. The predicted molar refractivity (Wildman–Crippen MR) is 60.2 cm³/mol. The topological polar surface area (TPSA) is 12.5 Å². The van der Waals surface area contributed by atoms with Gasteiger partial charge in [0.15, 0.2) is 0 Å². The molecule has 14 heavy (non-hydrogen) atoms. The molecule has 0 amide bonds. The maximum atomic E-state index is 5.35. The van der Waals surface area contributed by atoms with Crippen molar-refractivity contribution in [2.45, 2.75) is 26.7 Å². The molecule has 0 aromatic heterocycles. The van der Waals surface area contributed by atoms with Gasteiger partial charge in [0.2, 0.25) is 0 Å². The van der Waals surface area contributed by atoms with Crippen molar-refractivity contribution in [3.63, 3.8) is 0 Å². The first kappa shape index (κ1) is 11.3. The normalized spacial score (nSPS) is 16.6. The Balaban J connectivity index is 2.57. The van der Waals surface area contributed by atoms with Crippen molar-refractivity contribution in [1.29, 1.82) is 0 Å². The molecule has 0 aromatic rings. The fraction of sp³-hybridized carbons (Fsp3) is 0.667. The molecule has 1 saturated heterocycles. The minimum absolute atomic E-state index is 0.866. The summed E-state index contributed by atoms with van der Waals surface area (Å²) in [5, 5.41) is 0. The smallest absolute Gasteiger partial charge is 0.0642 e. The van der Waals surface area contributed by atoms with E-state index in [4.69, 9.17) is 4.74 Å². The van der Waals surface area contributed by atoms with Crippen LogP contribution >= 0.6 is 0 Å². The lowest BCUT2D eigenvalue weighted by molar-refractivity contribution is 0.0516. The van der Waals surface area contributed by atoms with E-state index >= 15 is 0 Å². The van der Waals surface area contributed by atoms with Crippen LogP contribution in [0.1, 0.15) is 26.7 Å². The highest BCUT2D eigenvalue weighted by molar-refractivity contribution is 5.10. The second kappa shape index (κ2) is 5.86. The van der Waals surface area contributed by atoms with Gasteiger partial charge in [-0.05, 0) is 26.7 Å². The number of allylic oxidation sites excluding steroid dienone is 3. The predicted octanol–water partition coefficient (Wildman–Crippen LogP) is 2.58. The van der Waals surface area contributed by atoms with E-state index in [9.17, 15) is 0 Å². The molecule has 2 heteroatoms. The standard InChI is InChI=1S/C12H21NO/c1-4-5-6-12(11(2)3)13-7-9-14-10-8-13/h4H,1,5-10H2,2-3H3. The van der Waals surface area contributed by atoms with Gasteiger partial charge < -0.3 is 9.64 Å². The lowest BCUT2D eigenvalue weighted by Gasteiger charge is -2.32. The third-order valence-electron chi connectivity index (χ3n) is 2.56. The maximum absolute atomic E-state index is 5.35. The third-order valence-corrected chi connectivity index (χ3v) is 2.56. The molecular formula is C12H21NO. The highest BCUT2D eigenvalue weighted by atomic mass is 16.5. The van der Waals surface area contributed by atoms with Crippen LogP contribution in [0, 0.1) is 0 Å². The first-order chi connectivity index (χ1) is 6.75. The van der Waals surface area contributed by atoms with Crippen molar-refractivity contribution in [2.24, 2.45) is 0 Å². The fourth-order valence-corrected chi connectivity index (χ4v) is 1.80. The zero-order valence-corrected chi connectivity index (χ0v) is 9.38. The van der Waals surface area contributed by atoms with Crippen molar-refractivity contribution < 1.29 is 4.74 Å². The van der Waals surface area contributed by atoms with E-state index in [1.165, 1.54) is 11.3 Å². The molecule has 1 fully saturated rings. The van der Waals surface area contributed by atoms with Gasteiger partial charge >= 0.3 is 0 Å². The van der Waals surface area contributed by atoms with Gasteiger partial charge in [0.25, 0.3) is 0 Å². The van der Waals surface area contributed by atoms with Crippen LogP contribution in [0.4, 0.5) is 0 Å². The molecule has 0 atom stereocenters. The van der Waals surface area contributed by atoms with Crippen LogP contribution in [0.2, 0.25) is 0 Å². The van der Waals surface area contributed by atoms with Gasteiger partial charge in [-0.3, -0.25) is 0 Å². The van der Waals surface area contributed by atoms with Crippen LogP contribution in [-0.2, 0) is 4.74 Å². The lowest BCUT2D eigenvalue weighted by atomic mass is 10.1. The van der Waals surface area contributed by atoms with E-state index in [1.807, 2.05) is 6.08 Å². The van der Waals surface area contributed by atoms with Gasteiger partial charge in [0, 0.05) is 18.8 Å². The molecule has 0 N–H and O–H groups in total. The Kier molecular flexibility index (Phi) is 4.74. The Morgan fingerprint density at radius 3 is 2.50 bits per heavy atom. The average molecular weight is 195 g/mol. The highest BCUT2D eigenvalue weighted by Gasteiger charge is 2.13. The van der Waals surface area contributed by atoms with E-state index in [2.05, 4.69) is 25.3 Å². The molecule has 0 radical (unpaired) electrons. The average Bonchev–Trinajstić information content (AvgIpc) is 2.19. The molecule has 0 saturated carbocycles. The maximum Gasteiger partial charge on any atom is 0.0642 e. The number of nitrogens with zero attached hydrogens (tertiary/aromatic N) is 1. The summed E-state index contributed by atoms with van der Waals surface area (Å²) in [5.74, 6) is 0. The van der Waals surface area contributed by atoms with E-state index in [0.29, 0.717) is 0 Å². The number of hydrogen-bond donors (Lipinski definition) is 0. The SMILES string of the molecule is C=CCCC(=C(C)C)N1CCOCC1. The molecule has 0 aliphatic carbocycles. The van der Waals surface area contributed by atoms with Gasteiger partial charge in [0.05, 0.1) is 13.2 Å². The van der Waals surface area contributed by atoms with Crippen molar-refractivity contribution in [3.05, 3.63) is 23.9 Å². The number of hydrogen-bond acceptors (Lipinski definition) is 2. The quantitative estimate of drug-likeness (QED) is 0.639. The number of ether oxygens (including phenoxy) is 1. The Morgan fingerprint density at radius 2 is 2.00 bits per heavy atom. The van der Waals surface area contributed by atoms with Crippen molar-refractivity contribution >= 4 is 0 Å². The third kappa shape index (κ3) is 3.18. The summed E-state index contributed by atoms with van der Waals surface area (Å²) >= 11 is 0. The lowest BCUT2D eigenvalue weighted by Crippen LogP contribution is -2.36. The van der Waals surface area contributed by atoms with Crippen LogP contribution in [0.5, 0.6) is 0 Å². The summed E-state index contributed by atoms with van der Waals surface area (Å²) in [7, 11) is 0. The molecule has 80 valence electrons. The second-order valence-electron chi connectivity index (χ2n) is 3.87. The van der Waals surface area contributed by atoms with E-state index in [0.717, 1.165) is 39.1 Å². The van der Waals surface area contributed by atoms with Gasteiger partial charge in [-0.15, -0.1) is 6.58 Å². The van der Waals surface area contributed by atoms with Crippen LogP contribution in [0.25, 0.3) is 0 Å². The van der Waals surface area contributed by atoms with Gasteiger partial charge in [-0.1, -0.05) is 11.6 Å². The largest absolute Gasteiger partial charge is 0.378 e. The molecule has 0 unspecified atom stereocenters. The molecule has 1 rings (SSSR count). The second-order valence-corrected chi connectivity index (χ2v) is 3.87. The molecule has 0 aromatic carbocycles.